The van der Waals surface area contributed by atoms with Gasteiger partial charge in [0.15, 0.2) is 0 Å². The minimum absolute atomic E-state index is 0.147. The molecule has 0 saturated carbocycles. The molecule has 2 N–H and O–H groups in total. The molecule has 0 spiro atoms. The maximum atomic E-state index is 6.25. The molecule has 0 radical (unpaired) electrons. The minimum Gasteiger partial charge on any atom is -0.329 e. The molecule has 0 aliphatic rings. The van der Waals surface area contributed by atoms with Crippen molar-refractivity contribution in [2.75, 3.05) is 0 Å². The summed E-state index contributed by atoms with van der Waals surface area (Å²) in [6.07, 6.45) is 1.82. The van der Waals surface area contributed by atoms with Crippen LogP contribution >= 0.6 is 11.6 Å². The Morgan fingerprint density at radius 2 is 1.84 bits per heavy atom. The summed E-state index contributed by atoms with van der Waals surface area (Å²) in [4.78, 5) is 4.36. The smallest absolute Gasteiger partial charge is 0.0958 e. The number of nitrogens with two attached hydrogens (primary N) is 1. The molecule has 1 heterocycles. The summed E-state index contributed by atoms with van der Waals surface area (Å²) < 4.78 is 2.06. The standard InChI is InChI=1S/C15H14ClN3/c16-12-6-2-1-5-11(12)13(17)9-19-10-18-14-7-3-4-8-15(14)19/h1-8,10,13H,9,17H2. The summed E-state index contributed by atoms with van der Waals surface area (Å²) in [5, 5.41) is 0.708. The van der Waals surface area contributed by atoms with E-state index >= 15 is 0 Å². The van der Waals surface area contributed by atoms with E-state index in [2.05, 4.69) is 9.55 Å². The van der Waals surface area contributed by atoms with Gasteiger partial charge >= 0.3 is 0 Å². The fourth-order valence-electron chi connectivity index (χ4n) is 2.24. The van der Waals surface area contributed by atoms with Gasteiger partial charge in [-0.05, 0) is 23.8 Å². The number of aromatic nitrogens is 2. The number of nitrogens with zero attached hydrogens (tertiary/aromatic N) is 2. The summed E-state index contributed by atoms with van der Waals surface area (Å²) in [6, 6.07) is 15.6. The highest BCUT2D eigenvalue weighted by atomic mass is 35.5. The van der Waals surface area contributed by atoms with Crippen molar-refractivity contribution in [3.63, 3.8) is 0 Å². The lowest BCUT2D eigenvalue weighted by Crippen LogP contribution is -2.17. The second-order valence-corrected chi connectivity index (χ2v) is 4.92. The van der Waals surface area contributed by atoms with Crippen LogP contribution in [-0.4, -0.2) is 9.55 Å². The van der Waals surface area contributed by atoms with Gasteiger partial charge in [0, 0.05) is 17.6 Å². The fraction of sp³-hybridized carbons (Fsp3) is 0.133. The molecule has 0 saturated heterocycles. The summed E-state index contributed by atoms with van der Waals surface area (Å²) in [5.74, 6) is 0. The Morgan fingerprint density at radius 3 is 2.68 bits per heavy atom. The molecule has 1 aromatic heterocycles. The number of hydrogen-bond acceptors (Lipinski definition) is 2. The zero-order valence-corrected chi connectivity index (χ0v) is 11.1. The molecular weight excluding hydrogens is 258 g/mol. The monoisotopic (exact) mass is 271 g/mol. The Kier molecular flexibility index (Phi) is 3.23. The molecule has 0 aliphatic heterocycles. The van der Waals surface area contributed by atoms with E-state index in [1.807, 2.05) is 54.9 Å². The van der Waals surface area contributed by atoms with E-state index in [9.17, 15) is 0 Å². The van der Waals surface area contributed by atoms with Crippen LogP contribution in [0.3, 0.4) is 0 Å². The SMILES string of the molecule is NC(Cn1cnc2ccccc21)c1ccccc1Cl. The Labute approximate surface area is 116 Å². The molecule has 19 heavy (non-hydrogen) atoms. The van der Waals surface area contributed by atoms with Gasteiger partial charge in [0.25, 0.3) is 0 Å². The fourth-order valence-corrected chi connectivity index (χ4v) is 2.52. The Balaban J connectivity index is 1.91. The van der Waals surface area contributed by atoms with Crippen molar-refractivity contribution in [2.24, 2.45) is 5.73 Å². The number of fused-ring (bicyclic) bond motifs is 1. The van der Waals surface area contributed by atoms with E-state index in [0.717, 1.165) is 16.6 Å². The quantitative estimate of drug-likeness (QED) is 0.793. The third kappa shape index (κ3) is 2.35. The molecule has 3 aromatic rings. The van der Waals surface area contributed by atoms with Gasteiger partial charge in [0.1, 0.15) is 0 Å². The van der Waals surface area contributed by atoms with Crippen molar-refractivity contribution in [3.8, 4) is 0 Å². The largest absolute Gasteiger partial charge is 0.329 e. The predicted octanol–water partition coefficient (Wildman–Crippen LogP) is 3.39. The molecule has 2 aromatic carbocycles. The lowest BCUT2D eigenvalue weighted by Gasteiger charge is -2.14. The number of halogens is 1. The van der Waals surface area contributed by atoms with Gasteiger partial charge in [-0.2, -0.15) is 0 Å². The lowest BCUT2D eigenvalue weighted by atomic mass is 10.1. The molecule has 0 bridgehead atoms. The molecule has 1 unspecified atom stereocenters. The van der Waals surface area contributed by atoms with E-state index in [0.29, 0.717) is 11.6 Å². The summed E-state index contributed by atoms with van der Waals surface area (Å²) >= 11 is 6.17. The molecule has 1 atom stereocenters. The van der Waals surface area contributed by atoms with Crippen molar-refractivity contribution in [1.82, 2.24) is 9.55 Å². The van der Waals surface area contributed by atoms with Crippen LogP contribution in [0.15, 0.2) is 54.9 Å². The summed E-state index contributed by atoms with van der Waals surface area (Å²) in [7, 11) is 0. The summed E-state index contributed by atoms with van der Waals surface area (Å²) in [6.45, 7) is 0.657. The maximum Gasteiger partial charge on any atom is 0.0958 e. The molecule has 3 nitrogen and oxygen atoms in total. The first-order chi connectivity index (χ1) is 9.25. The van der Waals surface area contributed by atoms with Crippen LogP contribution in [0.5, 0.6) is 0 Å². The van der Waals surface area contributed by atoms with Crippen molar-refractivity contribution in [3.05, 3.63) is 65.4 Å². The summed E-state index contributed by atoms with van der Waals surface area (Å²) in [5.41, 5.74) is 9.27. The van der Waals surface area contributed by atoms with Gasteiger partial charge in [0.05, 0.1) is 17.4 Å². The van der Waals surface area contributed by atoms with E-state index < -0.39 is 0 Å². The van der Waals surface area contributed by atoms with Crippen LogP contribution in [0.1, 0.15) is 11.6 Å². The van der Waals surface area contributed by atoms with Crippen molar-refractivity contribution in [2.45, 2.75) is 12.6 Å². The normalized spacial score (nSPS) is 12.7. The lowest BCUT2D eigenvalue weighted by molar-refractivity contribution is 0.589. The van der Waals surface area contributed by atoms with E-state index in [4.69, 9.17) is 17.3 Å². The zero-order chi connectivity index (χ0) is 13.2. The minimum atomic E-state index is -0.147. The average Bonchev–Trinajstić information content (AvgIpc) is 2.83. The van der Waals surface area contributed by atoms with E-state index in [1.54, 1.807) is 0 Å². The van der Waals surface area contributed by atoms with Gasteiger partial charge in [0.2, 0.25) is 0 Å². The van der Waals surface area contributed by atoms with Gasteiger partial charge in [-0.1, -0.05) is 41.9 Å². The van der Waals surface area contributed by atoms with Gasteiger partial charge < -0.3 is 10.3 Å². The predicted molar refractivity (Wildman–Crippen MR) is 78.1 cm³/mol. The van der Waals surface area contributed by atoms with Crippen molar-refractivity contribution < 1.29 is 0 Å². The Bertz CT molecular complexity index is 705. The maximum absolute atomic E-state index is 6.25. The highest BCUT2D eigenvalue weighted by Crippen LogP contribution is 2.23. The highest BCUT2D eigenvalue weighted by Gasteiger charge is 2.11. The number of para-hydroxylation sites is 2. The molecular formula is C15H14ClN3. The highest BCUT2D eigenvalue weighted by molar-refractivity contribution is 6.31. The number of rotatable bonds is 3. The van der Waals surface area contributed by atoms with Crippen LogP contribution in [0.4, 0.5) is 0 Å². The molecule has 0 amide bonds. The van der Waals surface area contributed by atoms with Gasteiger partial charge in [-0.3, -0.25) is 0 Å². The second-order valence-electron chi connectivity index (χ2n) is 4.51. The zero-order valence-electron chi connectivity index (χ0n) is 10.3. The first-order valence-electron chi connectivity index (χ1n) is 6.15. The van der Waals surface area contributed by atoms with Gasteiger partial charge in [-0.15, -0.1) is 0 Å². The van der Waals surface area contributed by atoms with E-state index in [1.165, 1.54) is 0 Å². The Morgan fingerprint density at radius 1 is 1.11 bits per heavy atom. The molecule has 0 fully saturated rings. The van der Waals surface area contributed by atoms with Crippen molar-refractivity contribution in [1.29, 1.82) is 0 Å². The molecule has 4 heteroatoms. The number of benzene rings is 2. The molecule has 96 valence electrons. The first-order valence-corrected chi connectivity index (χ1v) is 6.53. The number of hydrogen-bond donors (Lipinski definition) is 1. The first kappa shape index (κ1) is 12.2. The van der Waals surface area contributed by atoms with Crippen LogP contribution in [0.25, 0.3) is 11.0 Å². The van der Waals surface area contributed by atoms with E-state index in [-0.39, 0.29) is 6.04 Å². The van der Waals surface area contributed by atoms with Crippen LogP contribution in [0.2, 0.25) is 5.02 Å². The molecule has 3 rings (SSSR count). The average molecular weight is 272 g/mol. The van der Waals surface area contributed by atoms with Crippen LogP contribution in [0, 0.1) is 0 Å². The number of imidazole rings is 1. The Hall–Kier alpha value is -1.84. The van der Waals surface area contributed by atoms with Crippen molar-refractivity contribution >= 4 is 22.6 Å². The second kappa shape index (κ2) is 5.03. The third-order valence-electron chi connectivity index (χ3n) is 3.23. The topological polar surface area (TPSA) is 43.8 Å². The van der Waals surface area contributed by atoms with Crippen LogP contribution < -0.4 is 5.73 Å². The van der Waals surface area contributed by atoms with Crippen LogP contribution in [-0.2, 0) is 6.54 Å². The van der Waals surface area contributed by atoms with Gasteiger partial charge in [-0.25, -0.2) is 4.98 Å². The molecule has 0 aliphatic carbocycles. The third-order valence-corrected chi connectivity index (χ3v) is 3.57.